The van der Waals surface area contributed by atoms with E-state index in [4.69, 9.17) is 19.5 Å². The summed E-state index contributed by atoms with van der Waals surface area (Å²) in [7, 11) is 1.47. The number of ketones is 1. The Balaban J connectivity index is 2.16. The number of rotatable bonds is 4. The zero-order chi connectivity index (χ0) is 19.3. The molecule has 1 aromatic rings. The van der Waals surface area contributed by atoms with Crippen LogP contribution < -0.4 is 4.74 Å². The maximum Gasteiger partial charge on any atom is 0.410 e. The molecule has 0 bridgehead atoms. The molecule has 1 saturated heterocycles. The van der Waals surface area contributed by atoms with Gasteiger partial charge in [-0.3, -0.25) is 4.79 Å². The summed E-state index contributed by atoms with van der Waals surface area (Å²) in [5.74, 6) is 0.0941. The van der Waals surface area contributed by atoms with Crippen molar-refractivity contribution in [3.8, 4) is 11.8 Å². The first kappa shape index (κ1) is 19.7. The number of nitrogens with zero attached hydrogens (tertiary/aromatic N) is 2. The van der Waals surface area contributed by atoms with Crippen LogP contribution in [0.1, 0.15) is 49.2 Å². The molecule has 1 atom stereocenters. The minimum absolute atomic E-state index is 0.206. The third-order valence-corrected chi connectivity index (χ3v) is 3.86. The van der Waals surface area contributed by atoms with Gasteiger partial charge in [0.1, 0.15) is 17.5 Å². The number of Topliss-reactive ketones (excluding diaryl/α,β-unsaturated/α-hetero) is 1. The summed E-state index contributed by atoms with van der Waals surface area (Å²) in [5.41, 5.74) is 0.595. The van der Waals surface area contributed by atoms with Crippen LogP contribution in [0.5, 0.6) is 5.75 Å². The lowest BCUT2D eigenvalue weighted by atomic mass is 10.0. The average molecular weight is 360 g/mol. The Morgan fingerprint density at radius 3 is 2.73 bits per heavy atom. The highest BCUT2D eigenvalue weighted by Crippen LogP contribution is 2.29. The lowest BCUT2D eigenvalue weighted by molar-refractivity contribution is -0.0433. The molecule has 1 aromatic carbocycles. The van der Waals surface area contributed by atoms with Gasteiger partial charge in [-0.15, -0.1) is 0 Å². The number of nitriles is 1. The number of carbonyl (C=O) groups is 2. The predicted molar refractivity (Wildman–Crippen MR) is 94.1 cm³/mol. The van der Waals surface area contributed by atoms with E-state index in [2.05, 4.69) is 0 Å². The third-order valence-electron chi connectivity index (χ3n) is 3.86. The van der Waals surface area contributed by atoms with Gasteiger partial charge in [-0.1, -0.05) is 6.07 Å². The Labute approximate surface area is 153 Å². The van der Waals surface area contributed by atoms with Crippen LogP contribution >= 0.6 is 0 Å². The van der Waals surface area contributed by atoms with E-state index in [9.17, 15) is 9.59 Å². The number of amides is 1. The number of carbonyl (C=O) groups excluding carboxylic acids is 2. The van der Waals surface area contributed by atoms with Crippen molar-refractivity contribution in [2.24, 2.45) is 0 Å². The van der Waals surface area contributed by atoms with Gasteiger partial charge in [0, 0.05) is 6.54 Å². The predicted octanol–water partition coefficient (Wildman–Crippen LogP) is 3.10. The number of methoxy groups -OCH3 is 1. The van der Waals surface area contributed by atoms with E-state index in [-0.39, 0.29) is 24.4 Å². The van der Waals surface area contributed by atoms with Crippen molar-refractivity contribution in [2.75, 3.05) is 26.8 Å². The van der Waals surface area contributed by atoms with Crippen molar-refractivity contribution >= 4 is 11.9 Å². The minimum atomic E-state index is -0.559. The van der Waals surface area contributed by atoms with E-state index in [0.717, 1.165) is 5.56 Å². The molecule has 1 heterocycles. The molecule has 7 nitrogen and oxygen atoms in total. The maximum atomic E-state index is 12.3. The van der Waals surface area contributed by atoms with Crippen molar-refractivity contribution in [1.82, 2.24) is 4.90 Å². The van der Waals surface area contributed by atoms with Gasteiger partial charge in [-0.25, -0.2) is 4.79 Å². The highest BCUT2D eigenvalue weighted by atomic mass is 16.6. The molecule has 0 radical (unpaired) electrons. The van der Waals surface area contributed by atoms with Crippen molar-refractivity contribution < 1.29 is 23.8 Å². The van der Waals surface area contributed by atoms with E-state index < -0.39 is 5.60 Å². The minimum Gasteiger partial charge on any atom is -0.496 e. The summed E-state index contributed by atoms with van der Waals surface area (Å²) in [6, 6.07) is 6.95. The molecule has 0 spiro atoms. The zero-order valence-corrected chi connectivity index (χ0v) is 15.6. The van der Waals surface area contributed by atoms with Crippen LogP contribution in [-0.2, 0) is 9.47 Å². The van der Waals surface area contributed by atoms with Gasteiger partial charge < -0.3 is 19.1 Å². The molecule has 26 heavy (non-hydrogen) atoms. The van der Waals surface area contributed by atoms with Gasteiger partial charge in [0.05, 0.1) is 38.3 Å². The smallest absolute Gasteiger partial charge is 0.410 e. The fourth-order valence-corrected chi connectivity index (χ4v) is 2.65. The van der Waals surface area contributed by atoms with Crippen LogP contribution in [0.4, 0.5) is 4.79 Å². The first-order chi connectivity index (χ1) is 12.2. The van der Waals surface area contributed by atoms with Crippen LogP contribution in [-0.4, -0.2) is 49.2 Å². The number of ether oxygens (including phenoxy) is 3. The summed E-state index contributed by atoms with van der Waals surface area (Å²) < 4.78 is 16.5. The lowest BCUT2D eigenvalue weighted by Crippen LogP contribution is -2.44. The molecule has 0 aromatic heterocycles. The largest absolute Gasteiger partial charge is 0.496 e. The fraction of sp³-hybridized carbons (Fsp3) is 0.526. The van der Waals surface area contributed by atoms with Gasteiger partial charge in [0.15, 0.2) is 5.78 Å². The monoisotopic (exact) mass is 360 g/mol. The second-order valence-corrected chi connectivity index (χ2v) is 7.00. The summed E-state index contributed by atoms with van der Waals surface area (Å²) in [6.45, 7) is 6.67. The quantitative estimate of drug-likeness (QED) is 0.767. The molecular formula is C19H24N2O5. The lowest BCUT2D eigenvalue weighted by Gasteiger charge is -2.34. The first-order valence-corrected chi connectivity index (χ1v) is 8.42. The van der Waals surface area contributed by atoms with E-state index in [1.165, 1.54) is 7.11 Å². The molecule has 1 amide bonds. The van der Waals surface area contributed by atoms with Crippen molar-refractivity contribution in [3.63, 3.8) is 0 Å². The molecule has 0 aliphatic carbocycles. The van der Waals surface area contributed by atoms with Gasteiger partial charge in [0.2, 0.25) is 0 Å². The summed E-state index contributed by atoms with van der Waals surface area (Å²) in [6.07, 6.45) is -0.925. The molecule has 1 aliphatic rings. The molecule has 7 heteroatoms. The summed E-state index contributed by atoms with van der Waals surface area (Å²) in [5, 5.41) is 8.70. The number of hydrogen-bond donors (Lipinski definition) is 0. The Kier molecular flexibility index (Phi) is 6.22. The van der Waals surface area contributed by atoms with Crippen molar-refractivity contribution in [2.45, 2.75) is 38.9 Å². The average Bonchev–Trinajstić information content (AvgIpc) is 2.60. The first-order valence-electron chi connectivity index (χ1n) is 8.42. The van der Waals surface area contributed by atoms with Crippen LogP contribution in [0.2, 0.25) is 0 Å². The van der Waals surface area contributed by atoms with Crippen LogP contribution in [0, 0.1) is 11.3 Å². The van der Waals surface area contributed by atoms with Gasteiger partial charge in [0.25, 0.3) is 0 Å². The van der Waals surface area contributed by atoms with Crippen molar-refractivity contribution in [1.29, 1.82) is 5.26 Å². The molecular weight excluding hydrogens is 336 g/mol. The van der Waals surface area contributed by atoms with Gasteiger partial charge >= 0.3 is 6.09 Å². The second kappa shape index (κ2) is 8.19. The van der Waals surface area contributed by atoms with Gasteiger partial charge in [-0.2, -0.15) is 5.26 Å². The topological polar surface area (TPSA) is 88.9 Å². The van der Waals surface area contributed by atoms with Crippen molar-refractivity contribution in [3.05, 3.63) is 29.3 Å². The SMILES string of the molecule is COc1cc(C2CN(C(=O)OC(C)(C)C)CCO2)ccc1C(=O)CC#N. The Morgan fingerprint density at radius 1 is 1.38 bits per heavy atom. The Bertz CT molecular complexity index is 718. The van der Waals surface area contributed by atoms with Crippen LogP contribution in [0.25, 0.3) is 0 Å². The summed E-state index contributed by atoms with van der Waals surface area (Å²) in [4.78, 5) is 25.9. The molecule has 0 saturated carbocycles. The molecule has 1 aliphatic heterocycles. The summed E-state index contributed by atoms with van der Waals surface area (Å²) >= 11 is 0. The zero-order valence-electron chi connectivity index (χ0n) is 15.6. The maximum absolute atomic E-state index is 12.3. The fourth-order valence-electron chi connectivity index (χ4n) is 2.65. The van der Waals surface area contributed by atoms with E-state index in [1.54, 1.807) is 23.1 Å². The molecule has 2 rings (SSSR count). The van der Waals surface area contributed by atoms with Crippen LogP contribution in [0.15, 0.2) is 18.2 Å². The highest BCUT2D eigenvalue weighted by Gasteiger charge is 2.29. The van der Waals surface area contributed by atoms with E-state index in [1.807, 2.05) is 26.8 Å². The van der Waals surface area contributed by atoms with Gasteiger partial charge in [-0.05, 0) is 38.5 Å². The molecule has 1 unspecified atom stereocenters. The van der Waals surface area contributed by atoms with E-state index in [0.29, 0.717) is 31.0 Å². The Hall–Kier alpha value is -2.59. The molecule has 140 valence electrons. The third kappa shape index (κ3) is 4.96. The number of hydrogen-bond acceptors (Lipinski definition) is 6. The molecule has 0 N–H and O–H groups in total. The number of benzene rings is 1. The second-order valence-electron chi connectivity index (χ2n) is 7.00. The highest BCUT2D eigenvalue weighted by molar-refractivity contribution is 5.99. The van der Waals surface area contributed by atoms with Crippen LogP contribution in [0.3, 0.4) is 0 Å². The standard InChI is InChI=1S/C19H24N2O5/c1-19(2,3)26-18(23)21-9-10-25-17(12-21)13-5-6-14(15(22)7-8-20)16(11-13)24-4/h5-6,11,17H,7,9-10,12H2,1-4H3. The number of morpholine rings is 1. The molecule has 1 fully saturated rings. The van der Waals surface area contributed by atoms with E-state index >= 15 is 0 Å². The normalized spacial score (nSPS) is 17.3. The Morgan fingerprint density at radius 2 is 2.12 bits per heavy atom.